The Balaban J connectivity index is 1.36. The fourth-order valence-corrected chi connectivity index (χ4v) is 4.51. The number of rotatable bonds is 4. The van der Waals surface area contributed by atoms with Gasteiger partial charge >= 0.3 is 0 Å². The van der Waals surface area contributed by atoms with E-state index in [9.17, 15) is 0 Å². The van der Waals surface area contributed by atoms with Crippen molar-refractivity contribution in [2.75, 3.05) is 52.5 Å². The van der Waals surface area contributed by atoms with E-state index < -0.39 is 0 Å². The van der Waals surface area contributed by atoms with Crippen LogP contribution in [0, 0.1) is 12.8 Å². The second-order valence-electron chi connectivity index (χ2n) is 7.85. The summed E-state index contributed by atoms with van der Waals surface area (Å²) in [5, 5.41) is 0. The Morgan fingerprint density at radius 3 is 2.83 bits per heavy atom. The SMILES string of the molecule is Cc1ccc(CN2CCOC[C@]3(C[C@H](CN4CCCC4)CO3)C2)o1. The summed E-state index contributed by atoms with van der Waals surface area (Å²) in [5.41, 5.74) is -0.122. The molecule has 1 aromatic heterocycles. The third-order valence-electron chi connectivity index (χ3n) is 5.61. The molecular weight excluding hydrogens is 304 g/mol. The lowest BCUT2D eigenvalue weighted by molar-refractivity contribution is -0.0566. The third-order valence-corrected chi connectivity index (χ3v) is 5.61. The first kappa shape index (κ1) is 16.6. The molecule has 0 aromatic carbocycles. The molecule has 4 rings (SSSR count). The van der Waals surface area contributed by atoms with Crippen LogP contribution in [-0.2, 0) is 16.0 Å². The minimum absolute atomic E-state index is 0.122. The summed E-state index contributed by atoms with van der Waals surface area (Å²) in [6.07, 6.45) is 3.84. The summed E-state index contributed by atoms with van der Waals surface area (Å²) >= 11 is 0. The minimum atomic E-state index is -0.122. The maximum atomic E-state index is 6.33. The average Bonchev–Trinajstić information content (AvgIpc) is 3.25. The zero-order valence-electron chi connectivity index (χ0n) is 14.8. The molecule has 0 aliphatic carbocycles. The van der Waals surface area contributed by atoms with E-state index in [2.05, 4.69) is 15.9 Å². The molecular formula is C19H30N2O3. The highest BCUT2D eigenvalue weighted by atomic mass is 16.5. The van der Waals surface area contributed by atoms with Crippen LogP contribution in [0.5, 0.6) is 0 Å². The third kappa shape index (κ3) is 3.85. The molecule has 3 saturated heterocycles. The van der Waals surface area contributed by atoms with Crippen LogP contribution in [-0.4, -0.2) is 67.9 Å². The number of hydrogen-bond donors (Lipinski definition) is 0. The lowest BCUT2D eigenvalue weighted by Gasteiger charge is -2.31. The molecule has 0 radical (unpaired) electrons. The molecule has 3 fully saturated rings. The Labute approximate surface area is 144 Å². The summed E-state index contributed by atoms with van der Waals surface area (Å²) in [7, 11) is 0. The fourth-order valence-electron chi connectivity index (χ4n) is 4.51. The molecule has 0 amide bonds. The highest BCUT2D eigenvalue weighted by Crippen LogP contribution is 2.34. The van der Waals surface area contributed by atoms with Gasteiger partial charge in [0.25, 0.3) is 0 Å². The summed E-state index contributed by atoms with van der Waals surface area (Å²) in [4.78, 5) is 5.04. The van der Waals surface area contributed by atoms with Crippen LogP contribution in [0.3, 0.4) is 0 Å². The monoisotopic (exact) mass is 334 g/mol. The normalized spacial score (nSPS) is 32.6. The van der Waals surface area contributed by atoms with Gasteiger partial charge in [0.05, 0.1) is 26.4 Å². The van der Waals surface area contributed by atoms with Gasteiger partial charge in [-0.1, -0.05) is 0 Å². The van der Waals surface area contributed by atoms with Crippen LogP contribution in [0.4, 0.5) is 0 Å². The first-order valence-electron chi connectivity index (χ1n) is 9.43. The predicted octanol–water partition coefficient (Wildman–Crippen LogP) is 2.29. The van der Waals surface area contributed by atoms with E-state index in [4.69, 9.17) is 13.9 Å². The van der Waals surface area contributed by atoms with Gasteiger partial charge in [-0.2, -0.15) is 0 Å². The van der Waals surface area contributed by atoms with Crippen molar-refractivity contribution in [3.05, 3.63) is 23.7 Å². The van der Waals surface area contributed by atoms with Crippen LogP contribution >= 0.6 is 0 Å². The van der Waals surface area contributed by atoms with Crippen molar-refractivity contribution in [1.29, 1.82) is 0 Å². The van der Waals surface area contributed by atoms with Gasteiger partial charge in [0.15, 0.2) is 0 Å². The average molecular weight is 334 g/mol. The summed E-state index contributed by atoms with van der Waals surface area (Å²) < 4.78 is 18.0. The number of likely N-dealkylation sites (tertiary alicyclic amines) is 1. The standard InChI is InChI=1S/C19H30N2O3/c1-16-4-5-18(24-16)12-21-8-9-22-15-19(14-21)10-17(13-23-19)11-20-6-2-3-7-20/h4-5,17H,2-3,6-15H2,1H3/t17-,19+/m1/s1. The number of hydrogen-bond acceptors (Lipinski definition) is 5. The number of aryl methyl sites for hydroxylation is 1. The van der Waals surface area contributed by atoms with Crippen molar-refractivity contribution >= 4 is 0 Å². The molecule has 0 N–H and O–H groups in total. The fraction of sp³-hybridized carbons (Fsp3) is 0.789. The highest BCUT2D eigenvalue weighted by Gasteiger charge is 2.43. The zero-order chi connectivity index (χ0) is 16.4. The van der Waals surface area contributed by atoms with E-state index in [-0.39, 0.29) is 5.60 Å². The topological polar surface area (TPSA) is 38.1 Å². The van der Waals surface area contributed by atoms with Crippen LogP contribution in [0.15, 0.2) is 16.5 Å². The first-order valence-corrected chi connectivity index (χ1v) is 9.43. The molecule has 5 nitrogen and oxygen atoms in total. The molecule has 0 bridgehead atoms. The molecule has 24 heavy (non-hydrogen) atoms. The molecule has 134 valence electrons. The largest absolute Gasteiger partial charge is 0.465 e. The van der Waals surface area contributed by atoms with Crippen molar-refractivity contribution in [2.45, 2.75) is 38.3 Å². The van der Waals surface area contributed by atoms with E-state index in [1.807, 2.05) is 13.0 Å². The second kappa shape index (κ2) is 7.16. The van der Waals surface area contributed by atoms with Gasteiger partial charge in [-0.25, -0.2) is 0 Å². The Morgan fingerprint density at radius 2 is 2.04 bits per heavy atom. The molecule has 1 aromatic rings. The van der Waals surface area contributed by atoms with Crippen molar-refractivity contribution in [3.63, 3.8) is 0 Å². The predicted molar refractivity (Wildman–Crippen MR) is 92.0 cm³/mol. The van der Waals surface area contributed by atoms with Gasteiger partial charge in [0, 0.05) is 19.6 Å². The van der Waals surface area contributed by atoms with E-state index in [1.54, 1.807) is 0 Å². The van der Waals surface area contributed by atoms with Gasteiger partial charge in [-0.3, -0.25) is 4.90 Å². The van der Waals surface area contributed by atoms with Crippen molar-refractivity contribution in [1.82, 2.24) is 9.80 Å². The minimum Gasteiger partial charge on any atom is -0.465 e. The lowest BCUT2D eigenvalue weighted by atomic mass is 9.94. The van der Waals surface area contributed by atoms with E-state index in [0.29, 0.717) is 5.92 Å². The van der Waals surface area contributed by atoms with Gasteiger partial charge in [0.2, 0.25) is 0 Å². The van der Waals surface area contributed by atoms with Crippen LogP contribution in [0.1, 0.15) is 30.8 Å². The molecule has 0 saturated carbocycles. The Kier molecular flexibility index (Phi) is 4.95. The van der Waals surface area contributed by atoms with Crippen LogP contribution < -0.4 is 0 Å². The van der Waals surface area contributed by atoms with Crippen LogP contribution in [0.2, 0.25) is 0 Å². The first-order chi connectivity index (χ1) is 11.7. The van der Waals surface area contributed by atoms with Crippen LogP contribution in [0.25, 0.3) is 0 Å². The van der Waals surface area contributed by atoms with Gasteiger partial charge in [0.1, 0.15) is 17.1 Å². The second-order valence-corrected chi connectivity index (χ2v) is 7.85. The van der Waals surface area contributed by atoms with E-state index in [1.165, 1.54) is 32.5 Å². The Hall–Kier alpha value is -0.880. The van der Waals surface area contributed by atoms with Crippen molar-refractivity contribution < 1.29 is 13.9 Å². The summed E-state index contributed by atoms with van der Waals surface area (Å²) in [5.74, 6) is 2.67. The van der Waals surface area contributed by atoms with E-state index in [0.717, 1.165) is 57.4 Å². The highest BCUT2D eigenvalue weighted by molar-refractivity contribution is 5.06. The van der Waals surface area contributed by atoms with Crippen molar-refractivity contribution in [2.24, 2.45) is 5.92 Å². The van der Waals surface area contributed by atoms with Gasteiger partial charge in [-0.15, -0.1) is 0 Å². The van der Waals surface area contributed by atoms with Gasteiger partial charge < -0.3 is 18.8 Å². The molecule has 3 aliphatic rings. The molecule has 0 unspecified atom stereocenters. The molecule has 4 heterocycles. The van der Waals surface area contributed by atoms with Gasteiger partial charge in [-0.05, 0) is 57.3 Å². The number of furan rings is 1. The maximum absolute atomic E-state index is 6.33. The quantitative estimate of drug-likeness (QED) is 0.845. The number of nitrogens with zero attached hydrogens (tertiary/aromatic N) is 2. The Morgan fingerprint density at radius 1 is 1.17 bits per heavy atom. The van der Waals surface area contributed by atoms with Crippen molar-refractivity contribution in [3.8, 4) is 0 Å². The molecule has 3 aliphatic heterocycles. The lowest BCUT2D eigenvalue weighted by Crippen LogP contribution is -2.44. The smallest absolute Gasteiger partial charge is 0.118 e. The molecule has 5 heteroatoms. The number of ether oxygens (including phenoxy) is 2. The zero-order valence-corrected chi connectivity index (χ0v) is 14.8. The molecule has 1 spiro atoms. The summed E-state index contributed by atoms with van der Waals surface area (Å²) in [6.45, 7) is 10.9. The van der Waals surface area contributed by atoms with E-state index >= 15 is 0 Å². The summed E-state index contributed by atoms with van der Waals surface area (Å²) in [6, 6.07) is 4.12. The molecule has 2 atom stereocenters. The Bertz CT molecular complexity index is 540. The maximum Gasteiger partial charge on any atom is 0.118 e.